The number of hydrogen-bond acceptors (Lipinski definition) is 4. The normalized spacial score (nSPS) is 19.8. The minimum absolute atomic E-state index is 0.565. The van der Waals surface area contributed by atoms with Crippen molar-refractivity contribution in [3.8, 4) is 0 Å². The Hall–Kier alpha value is -1.13. The molecule has 0 bridgehead atoms. The monoisotopic (exact) mass is 248 g/mol. The third-order valence-corrected chi connectivity index (χ3v) is 3.93. The first-order valence-electron chi connectivity index (χ1n) is 6.92. The average molecular weight is 248 g/mol. The number of nitrogens with zero attached hydrogens (tertiary/aromatic N) is 3. The molecule has 4 heteroatoms. The lowest BCUT2D eigenvalue weighted by Crippen LogP contribution is -2.37. The van der Waals surface area contributed by atoms with Crippen LogP contribution in [0.25, 0.3) is 0 Å². The lowest BCUT2D eigenvalue weighted by atomic mass is 10.2. The zero-order valence-corrected chi connectivity index (χ0v) is 11.5. The Morgan fingerprint density at radius 3 is 2.89 bits per heavy atom. The van der Waals surface area contributed by atoms with Gasteiger partial charge in [0.2, 0.25) is 0 Å². The zero-order chi connectivity index (χ0) is 13.0. The maximum atomic E-state index is 5.79. The molecule has 1 aliphatic rings. The highest BCUT2D eigenvalue weighted by molar-refractivity contribution is 5.53. The van der Waals surface area contributed by atoms with E-state index >= 15 is 0 Å². The summed E-state index contributed by atoms with van der Waals surface area (Å²) in [5.74, 6) is 0. The fourth-order valence-corrected chi connectivity index (χ4v) is 2.88. The van der Waals surface area contributed by atoms with Crippen LogP contribution in [-0.2, 0) is 6.54 Å². The van der Waals surface area contributed by atoms with Crippen molar-refractivity contribution >= 4 is 5.69 Å². The van der Waals surface area contributed by atoms with Gasteiger partial charge in [-0.05, 0) is 25.6 Å². The summed E-state index contributed by atoms with van der Waals surface area (Å²) in [6.07, 6.45) is 4.99. The van der Waals surface area contributed by atoms with Gasteiger partial charge in [-0.1, -0.05) is 13.8 Å². The summed E-state index contributed by atoms with van der Waals surface area (Å²) in [4.78, 5) is 9.15. The third kappa shape index (κ3) is 2.65. The van der Waals surface area contributed by atoms with Crippen molar-refractivity contribution in [3.63, 3.8) is 0 Å². The molecule has 0 aliphatic carbocycles. The molecule has 1 saturated heterocycles. The molecule has 4 nitrogen and oxygen atoms in total. The second-order valence-electron chi connectivity index (χ2n) is 4.82. The van der Waals surface area contributed by atoms with Crippen LogP contribution in [0, 0.1) is 0 Å². The van der Waals surface area contributed by atoms with Crippen LogP contribution < -0.4 is 10.6 Å². The Kier molecular flexibility index (Phi) is 4.55. The second kappa shape index (κ2) is 6.16. The van der Waals surface area contributed by atoms with E-state index in [2.05, 4.69) is 34.7 Å². The van der Waals surface area contributed by atoms with E-state index in [9.17, 15) is 0 Å². The standard InChI is InChI=1S/C14H24N4/c1-3-17(4-2)13-6-8-18(11-13)14-5-7-16-10-12(14)9-15/h5,7,10,13H,3-4,6,8-9,11,15H2,1-2H3. The number of pyridine rings is 1. The van der Waals surface area contributed by atoms with E-state index in [0.29, 0.717) is 12.6 Å². The highest BCUT2D eigenvalue weighted by atomic mass is 15.3. The Bertz CT molecular complexity index is 376. The predicted octanol–water partition coefficient (Wildman–Crippen LogP) is 1.46. The van der Waals surface area contributed by atoms with Crippen molar-refractivity contribution in [1.29, 1.82) is 0 Å². The third-order valence-electron chi connectivity index (χ3n) is 3.93. The van der Waals surface area contributed by atoms with Gasteiger partial charge in [0.25, 0.3) is 0 Å². The van der Waals surface area contributed by atoms with Crippen LogP contribution in [0.4, 0.5) is 5.69 Å². The van der Waals surface area contributed by atoms with Crippen LogP contribution >= 0.6 is 0 Å². The lowest BCUT2D eigenvalue weighted by Gasteiger charge is -2.27. The summed E-state index contributed by atoms with van der Waals surface area (Å²) >= 11 is 0. The molecular formula is C14H24N4. The van der Waals surface area contributed by atoms with Crippen LogP contribution in [0.5, 0.6) is 0 Å². The second-order valence-corrected chi connectivity index (χ2v) is 4.82. The van der Waals surface area contributed by atoms with Gasteiger partial charge < -0.3 is 10.6 Å². The van der Waals surface area contributed by atoms with Gasteiger partial charge in [0.1, 0.15) is 0 Å². The smallest absolute Gasteiger partial charge is 0.0443 e. The highest BCUT2D eigenvalue weighted by Crippen LogP contribution is 2.25. The van der Waals surface area contributed by atoms with Crippen LogP contribution in [-0.4, -0.2) is 42.1 Å². The van der Waals surface area contributed by atoms with E-state index in [1.807, 2.05) is 12.4 Å². The van der Waals surface area contributed by atoms with Gasteiger partial charge in [0.05, 0.1) is 0 Å². The van der Waals surface area contributed by atoms with Crippen LogP contribution in [0.15, 0.2) is 18.5 Å². The summed E-state index contributed by atoms with van der Waals surface area (Å²) in [5, 5.41) is 0. The first-order valence-corrected chi connectivity index (χ1v) is 6.92. The van der Waals surface area contributed by atoms with E-state index in [4.69, 9.17) is 5.73 Å². The zero-order valence-electron chi connectivity index (χ0n) is 11.5. The van der Waals surface area contributed by atoms with E-state index < -0.39 is 0 Å². The molecule has 2 N–H and O–H groups in total. The van der Waals surface area contributed by atoms with E-state index in [0.717, 1.165) is 31.7 Å². The Balaban J connectivity index is 2.08. The van der Waals surface area contributed by atoms with Crippen molar-refractivity contribution in [3.05, 3.63) is 24.0 Å². The number of hydrogen-bond donors (Lipinski definition) is 1. The molecule has 1 aromatic heterocycles. The molecule has 0 radical (unpaired) electrons. The van der Waals surface area contributed by atoms with Gasteiger partial charge in [-0.25, -0.2) is 0 Å². The lowest BCUT2D eigenvalue weighted by molar-refractivity contribution is 0.232. The summed E-state index contributed by atoms with van der Waals surface area (Å²) < 4.78 is 0. The van der Waals surface area contributed by atoms with E-state index in [1.165, 1.54) is 12.1 Å². The van der Waals surface area contributed by atoms with E-state index in [-0.39, 0.29) is 0 Å². The van der Waals surface area contributed by atoms with Crippen molar-refractivity contribution in [1.82, 2.24) is 9.88 Å². The number of nitrogens with two attached hydrogens (primary N) is 1. The Morgan fingerprint density at radius 1 is 1.44 bits per heavy atom. The highest BCUT2D eigenvalue weighted by Gasteiger charge is 2.27. The number of anilines is 1. The molecule has 0 spiro atoms. The fourth-order valence-electron chi connectivity index (χ4n) is 2.88. The van der Waals surface area contributed by atoms with Gasteiger partial charge in [0, 0.05) is 49.3 Å². The topological polar surface area (TPSA) is 45.4 Å². The molecule has 18 heavy (non-hydrogen) atoms. The number of rotatable bonds is 5. The molecule has 0 aromatic carbocycles. The maximum absolute atomic E-state index is 5.79. The Morgan fingerprint density at radius 2 is 2.22 bits per heavy atom. The number of likely N-dealkylation sites (N-methyl/N-ethyl adjacent to an activating group) is 1. The van der Waals surface area contributed by atoms with Crippen molar-refractivity contribution in [2.45, 2.75) is 32.9 Å². The van der Waals surface area contributed by atoms with Gasteiger partial charge in [-0.2, -0.15) is 0 Å². The fraction of sp³-hybridized carbons (Fsp3) is 0.643. The maximum Gasteiger partial charge on any atom is 0.0443 e. The quantitative estimate of drug-likeness (QED) is 0.857. The molecule has 1 aromatic rings. The van der Waals surface area contributed by atoms with Crippen LogP contribution in [0.1, 0.15) is 25.8 Å². The molecule has 1 atom stereocenters. The summed E-state index contributed by atoms with van der Waals surface area (Å²) in [6.45, 7) is 9.55. The van der Waals surface area contributed by atoms with Gasteiger partial charge in [-0.15, -0.1) is 0 Å². The van der Waals surface area contributed by atoms with E-state index in [1.54, 1.807) is 0 Å². The molecule has 0 amide bonds. The minimum Gasteiger partial charge on any atom is -0.370 e. The molecule has 100 valence electrons. The molecular weight excluding hydrogens is 224 g/mol. The van der Waals surface area contributed by atoms with Gasteiger partial charge in [0.15, 0.2) is 0 Å². The van der Waals surface area contributed by atoms with Crippen LogP contribution in [0.3, 0.4) is 0 Å². The summed E-state index contributed by atoms with van der Waals surface area (Å²) in [5.41, 5.74) is 8.20. The van der Waals surface area contributed by atoms with Crippen LogP contribution in [0.2, 0.25) is 0 Å². The van der Waals surface area contributed by atoms with Gasteiger partial charge in [-0.3, -0.25) is 9.88 Å². The van der Waals surface area contributed by atoms with Crippen molar-refractivity contribution in [2.75, 3.05) is 31.1 Å². The molecule has 2 heterocycles. The average Bonchev–Trinajstić information content (AvgIpc) is 2.89. The molecule has 0 saturated carbocycles. The first kappa shape index (κ1) is 13.3. The van der Waals surface area contributed by atoms with Crippen molar-refractivity contribution < 1.29 is 0 Å². The molecule has 1 fully saturated rings. The molecule has 2 rings (SSSR count). The van der Waals surface area contributed by atoms with Gasteiger partial charge >= 0.3 is 0 Å². The molecule has 1 aliphatic heterocycles. The minimum atomic E-state index is 0.565. The SMILES string of the molecule is CCN(CC)C1CCN(c2ccncc2CN)C1. The van der Waals surface area contributed by atoms with Crippen molar-refractivity contribution in [2.24, 2.45) is 5.73 Å². The predicted molar refractivity (Wildman–Crippen MR) is 75.7 cm³/mol. The Labute approximate surface area is 110 Å². The summed E-state index contributed by atoms with van der Waals surface area (Å²) in [7, 11) is 0. The largest absolute Gasteiger partial charge is 0.370 e. The number of aromatic nitrogens is 1. The molecule has 1 unspecified atom stereocenters. The summed E-state index contributed by atoms with van der Waals surface area (Å²) in [6, 6.07) is 2.77. The first-order chi connectivity index (χ1) is 8.80.